The lowest BCUT2D eigenvalue weighted by Crippen LogP contribution is -2.40. The molecule has 1 aromatic rings. The van der Waals surface area contributed by atoms with E-state index >= 15 is 0 Å². The van der Waals surface area contributed by atoms with Crippen LogP contribution >= 0.6 is 0 Å². The van der Waals surface area contributed by atoms with Crippen LogP contribution in [0.5, 0.6) is 0 Å². The van der Waals surface area contributed by atoms with Crippen LogP contribution < -0.4 is 5.32 Å². The molecule has 2 rings (SSSR count). The summed E-state index contributed by atoms with van der Waals surface area (Å²) in [7, 11) is -3.11. The Balaban J connectivity index is 2.02. The van der Waals surface area contributed by atoms with Crippen molar-refractivity contribution in [3.05, 3.63) is 29.8 Å². The topological polar surface area (TPSA) is 46.2 Å². The lowest BCUT2D eigenvalue weighted by Gasteiger charge is -2.35. The molecule has 1 N–H and O–H groups in total. The molecule has 1 fully saturated rings. The van der Waals surface area contributed by atoms with Gasteiger partial charge in [0.05, 0.1) is 4.90 Å². The van der Waals surface area contributed by atoms with Crippen LogP contribution in [0.1, 0.15) is 51.6 Å². The zero-order valence-corrected chi connectivity index (χ0v) is 14.3. The Morgan fingerprint density at radius 3 is 2.29 bits per heavy atom. The molecular weight excluding hydrogens is 282 g/mol. The predicted octanol–water partition coefficient (Wildman–Crippen LogP) is 3.57. The summed E-state index contributed by atoms with van der Waals surface area (Å²) in [5.74, 6) is 1.54. The van der Waals surface area contributed by atoms with E-state index < -0.39 is 9.84 Å². The minimum Gasteiger partial charge on any atom is -0.307 e. The van der Waals surface area contributed by atoms with Gasteiger partial charge in [-0.25, -0.2) is 8.42 Å². The fourth-order valence-corrected chi connectivity index (χ4v) is 3.96. The number of sulfone groups is 1. The lowest BCUT2D eigenvalue weighted by molar-refractivity contribution is 0.216. The monoisotopic (exact) mass is 309 g/mol. The number of hydrogen-bond donors (Lipinski definition) is 1. The molecule has 1 aliphatic carbocycles. The molecular formula is C17H27NO2S. The van der Waals surface area contributed by atoms with Crippen LogP contribution in [-0.4, -0.2) is 20.7 Å². The standard InChI is InChI=1S/C17H27NO2S/c1-12-5-10-17(13(2)11-12)18-14(3)15-6-8-16(9-7-15)21(4,19)20/h6-9,12-14,17-18H,5,10-11H2,1-4H3. The number of nitrogens with one attached hydrogen (secondary N) is 1. The van der Waals surface area contributed by atoms with Gasteiger partial charge in [-0.3, -0.25) is 0 Å². The Morgan fingerprint density at radius 1 is 1.14 bits per heavy atom. The molecule has 1 saturated carbocycles. The summed E-state index contributed by atoms with van der Waals surface area (Å²) >= 11 is 0. The second kappa shape index (κ2) is 6.49. The van der Waals surface area contributed by atoms with E-state index in [-0.39, 0.29) is 6.04 Å². The van der Waals surface area contributed by atoms with Crippen LogP contribution in [-0.2, 0) is 9.84 Å². The molecule has 3 nitrogen and oxygen atoms in total. The van der Waals surface area contributed by atoms with E-state index in [0.29, 0.717) is 16.9 Å². The van der Waals surface area contributed by atoms with Crippen LogP contribution in [0.4, 0.5) is 0 Å². The van der Waals surface area contributed by atoms with Crippen LogP contribution in [0, 0.1) is 11.8 Å². The molecule has 118 valence electrons. The van der Waals surface area contributed by atoms with Gasteiger partial charge < -0.3 is 5.32 Å². The molecule has 21 heavy (non-hydrogen) atoms. The van der Waals surface area contributed by atoms with Crippen molar-refractivity contribution in [1.29, 1.82) is 0 Å². The van der Waals surface area contributed by atoms with Gasteiger partial charge >= 0.3 is 0 Å². The molecule has 0 aromatic heterocycles. The second-order valence-electron chi connectivity index (χ2n) is 6.73. The van der Waals surface area contributed by atoms with Gasteiger partial charge in [-0.15, -0.1) is 0 Å². The van der Waals surface area contributed by atoms with Gasteiger partial charge in [-0.05, 0) is 55.7 Å². The third kappa shape index (κ3) is 4.30. The van der Waals surface area contributed by atoms with Crippen molar-refractivity contribution in [1.82, 2.24) is 5.32 Å². The number of hydrogen-bond acceptors (Lipinski definition) is 3. The molecule has 1 aliphatic rings. The van der Waals surface area contributed by atoms with E-state index in [1.165, 1.54) is 25.5 Å². The molecule has 0 bridgehead atoms. The van der Waals surface area contributed by atoms with Gasteiger partial charge in [0, 0.05) is 18.3 Å². The first-order chi connectivity index (χ1) is 9.77. The van der Waals surface area contributed by atoms with E-state index in [1.807, 2.05) is 12.1 Å². The third-order valence-corrected chi connectivity index (χ3v) is 5.83. The largest absolute Gasteiger partial charge is 0.307 e. The molecule has 0 heterocycles. The quantitative estimate of drug-likeness (QED) is 0.925. The van der Waals surface area contributed by atoms with Crippen LogP contribution in [0.15, 0.2) is 29.2 Å². The van der Waals surface area contributed by atoms with Crippen LogP contribution in [0.3, 0.4) is 0 Å². The summed E-state index contributed by atoms with van der Waals surface area (Å²) < 4.78 is 23.0. The molecule has 0 amide bonds. The molecule has 0 radical (unpaired) electrons. The highest BCUT2D eigenvalue weighted by Gasteiger charge is 2.26. The summed E-state index contributed by atoms with van der Waals surface area (Å²) in [5, 5.41) is 3.71. The maximum absolute atomic E-state index is 11.5. The minimum absolute atomic E-state index is 0.250. The smallest absolute Gasteiger partial charge is 0.175 e. The Morgan fingerprint density at radius 2 is 1.76 bits per heavy atom. The van der Waals surface area contributed by atoms with Crippen molar-refractivity contribution in [2.75, 3.05) is 6.26 Å². The van der Waals surface area contributed by atoms with Gasteiger partial charge in [0.15, 0.2) is 9.84 Å². The maximum atomic E-state index is 11.5. The van der Waals surface area contributed by atoms with Crippen molar-refractivity contribution in [2.45, 2.75) is 57.0 Å². The molecule has 0 saturated heterocycles. The van der Waals surface area contributed by atoms with Crippen molar-refractivity contribution in [2.24, 2.45) is 11.8 Å². The van der Waals surface area contributed by atoms with Crippen molar-refractivity contribution >= 4 is 9.84 Å². The SMILES string of the molecule is CC1CCC(NC(C)c2ccc(S(C)(=O)=O)cc2)C(C)C1. The highest BCUT2D eigenvalue weighted by molar-refractivity contribution is 7.90. The summed E-state index contributed by atoms with van der Waals surface area (Å²) in [6, 6.07) is 8.06. The van der Waals surface area contributed by atoms with Gasteiger partial charge in [-0.1, -0.05) is 26.0 Å². The van der Waals surface area contributed by atoms with Crippen molar-refractivity contribution in [3.63, 3.8) is 0 Å². The van der Waals surface area contributed by atoms with E-state index in [4.69, 9.17) is 0 Å². The van der Waals surface area contributed by atoms with Gasteiger partial charge in [0.1, 0.15) is 0 Å². The molecule has 0 aliphatic heterocycles. The lowest BCUT2D eigenvalue weighted by atomic mass is 9.79. The predicted molar refractivity (Wildman–Crippen MR) is 87.1 cm³/mol. The zero-order valence-electron chi connectivity index (χ0n) is 13.5. The summed E-state index contributed by atoms with van der Waals surface area (Å²) in [4.78, 5) is 0.387. The normalized spacial score (nSPS) is 28.3. The highest BCUT2D eigenvalue weighted by Crippen LogP contribution is 2.30. The highest BCUT2D eigenvalue weighted by atomic mass is 32.2. The third-order valence-electron chi connectivity index (χ3n) is 4.70. The Kier molecular flexibility index (Phi) is 5.10. The first-order valence-electron chi connectivity index (χ1n) is 7.83. The van der Waals surface area contributed by atoms with Crippen molar-refractivity contribution < 1.29 is 8.42 Å². The summed E-state index contributed by atoms with van der Waals surface area (Å²) in [5.41, 5.74) is 1.15. The molecule has 4 atom stereocenters. The molecule has 1 aromatic carbocycles. The van der Waals surface area contributed by atoms with Crippen molar-refractivity contribution in [3.8, 4) is 0 Å². The zero-order chi connectivity index (χ0) is 15.6. The minimum atomic E-state index is -3.11. The maximum Gasteiger partial charge on any atom is 0.175 e. The van der Waals surface area contributed by atoms with Crippen LogP contribution in [0.25, 0.3) is 0 Å². The van der Waals surface area contributed by atoms with Gasteiger partial charge in [0.2, 0.25) is 0 Å². The summed E-state index contributed by atoms with van der Waals surface area (Å²) in [6.45, 7) is 6.81. The molecule has 0 spiro atoms. The Hall–Kier alpha value is -0.870. The molecule has 4 unspecified atom stereocenters. The summed E-state index contributed by atoms with van der Waals surface area (Å²) in [6.07, 6.45) is 5.06. The van der Waals surface area contributed by atoms with E-state index in [2.05, 4.69) is 26.1 Å². The first kappa shape index (κ1) is 16.5. The average molecular weight is 309 g/mol. The average Bonchev–Trinajstić information content (AvgIpc) is 2.41. The van der Waals surface area contributed by atoms with Gasteiger partial charge in [0.25, 0.3) is 0 Å². The van der Waals surface area contributed by atoms with E-state index in [1.54, 1.807) is 12.1 Å². The van der Waals surface area contributed by atoms with E-state index in [9.17, 15) is 8.42 Å². The molecule has 4 heteroatoms. The fraction of sp³-hybridized carbons (Fsp3) is 0.647. The fourth-order valence-electron chi connectivity index (χ4n) is 3.33. The van der Waals surface area contributed by atoms with E-state index in [0.717, 1.165) is 11.5 Å². The Labute approximate surface area is 129 Å². The second-order valence-corrected chi connectivity index (χ2v) is 8.75. The first-order valence-corrected chi connectivity index (χ1v) is 9.72. The number of rotatable bonds is 4. The van der Waals surface area contributed by atoms with Gasteiger partial charge in [-0.2, -0.15) is 0 Å². The van der Waals surface area contributed by atoms with Crippen LogP contribution in [0.2, 0.25) is 0 Å². The number of benzene rings is 1. The Bertz CT molecular complexity index is 565.